The summed E-state index contributed by atoms with van der Waals surface area (Å²) in [5.41, 5.74) is 0.223. The first-order valence-electron chi connectivity index (χ1n) is 8.62. The Bertz CT molecular complexity index is 1090. The number of amides is 1. The summed E-state index contributed by atoms with van der Waals surface area (Å²) in [5, 5.41) is 2.12. The molecular weight excluding hydrogens is 454 g/mol. The average Bonchev–Trinajstić information content (AvgIpc) is 3.28. The number of hydrogen-bond acceptors (Lipinski definition) is 7. The van der Waals surface area contributed by atoms with Crippen LogP contribution in [-0.2, 0) is 11.2 Å². The maximum absolute atomic E-state index is 13.1. The van der Waals surface area contributed by atoms with E-state index in [4.69, 9.17) is 9.47 Å². The van der Waals surface area contributed by atoms with E-state index in [-0.39, 0.29) is 28.0 Å². The van der Waals surface area contributed by atoms with Crippen LogP contribution in [0.5, 0.6) is 11.5 Å². The van der Waals surface area contributed by atoms with Gasteiger partial charge in [0.05, 0.1) is 12.3 Å². The molecule has 1 amide bonds. The molecule has 0 fully saturated rings. The highest BCUT2D eigenvalue weighted by Gasteiger charge is 2.20. The van der Waals surface area contributed by atoms with E-state index in [2.05, 4.69) is 10.3 Å². The number of hydrogen-bond donors (Lipinski definition) is 3. The second kappa shape index (κ2) is 9.23. The molecular formula is C18H18FN2O6PS2. The lowest BCUT2D eigenvalue weighted by Crippen LogP contribution is -2.13. The molecule has 3 aromatic rings. The van der Waals surface area contributed by atoms with Gasteiger partial charge in [-0.25, -0.2) is 4.98 Å². The third-order valence-electron chi connectivity index (χ3n) is 3.53. The van der Waals surface area contributed by atoms with Crippen LogP contribution < -0.4 is 19.4 Å². The van der Waals surface area contributed by atoms with Crippen molar-refractivity contribution in [3.8, 4) is 11.5 Å². The van der Waals surface area contributed by atoms with Crippen molar-refractivity contribution in [1.82, 2.24) is 4.98 Å². The lowest BCUT2D eigenvalue weighted by molar-refractivity contribution is 0.102. The van der Waals surface area contributed by atoms with Crippen molar-refractivity contribution in [2.45, 2.75) is 26.6 Å². The zero-order chi connectivity index (χ0) is 21.9. The van der Waals surface area contributed by atoms with E-state index in [0.717, 1.165) is 17.5 Å². The lowest BCUT2D eigenvalue weighted by Gasteiger charge is -2.14. The van der Waals surface area contributed by atoms with Crippen LogP contribution in [0.1, 0.15) is 29.1 Å². The first-order chi connectivity index (χ1) is 14.1. The molecule has 0 bridgehead atoms. The summed E-state index contributed by atoms with van der Waals surface area (Å²) in [7, 11) is -4.31. The van der Waals surface area contributed by atoms with Crippen LogP contribution in [0, 0.1) is 5.13 Å². The van der Waals surface area contributed by atoms with Crippen molar-refractivity contribution < 1.29 is 33.0 Å². The van der Waals surface area contributed by atoms with Gasteiger partial charge in [0.2, 0.25) is 0 Å². The number of aromatic nitrogens is 1. The standard InChI is InChI=1S/C18H18FN2O6PS2/c1-10(2)27-13-6-11(17(22)21-18-20-8-15(19)30-18)5-12(7-13)26-9-14-3-4-16(29-14)28(23,24)25/h3-8,10H,9H2,1-2H3,(H,20,21,22)(H2,23,24,25). The summed E-state index contributed by atoms with van der Waals surface area (Å²) in [6.07, 6.45) is 0.868. The van der Waals surface area contributed by atoms with Crippen LogP contribution >= 0.6 is 30.3 Å². The third-order valence-corrected chi connectivity index (χ3v) is 6.80. The summed E-state index contributed by atoms with van der Waals surface area (Å²) in [6.45, 7) is 3.72. The van der Waals surface area contributed by atoms with Gasteiger partial charge in [-0.3, -0.25) is 14.7 Å². The topological polar surface area (TPSA) is 118 Å². The number of benzene rings is 1. The van der Waals surface area contributed by atoms with Crippen molar-refractivity contribution in [2.75, 3.05) is 5.32 Å². The zero-order valence-corrected chi connectivity index (χ0v) is 18.4. The fourth-order valence-electron chi connectivity index (χ4n) is 2.36. The highest BCUT2D eigenvalue weighted by Crippen LogP contribution is 2.36. The van der Waals surface area contributed by atoms with Gasteiger partial charge >= 0.3 is 7.60 Å². The molecule has 2 heterocycles. The highest BCUT2D eigenvalue weighted by atomic mass is 32.1. The highest BCUT2D eigenvalue weighted by molar-refractivity contribution is 7.67. The lowest BCUT2D eigenvalue weighted by atomic mass is 10.2. The Morgan fingerprint density at radius 1 is 1.23 bits per heavy atom. The SMILES string of the molecule is CC(C)Oc1cc(OCc2ccc(P(=O)(O)O)s2)cc(C(=O)Nc2ncc(F)s2)c1. The second-order valence-corrected chi connectivity index (χ2v) is 10.4. The molecule has 0 saturated heterocycles. The Kier molecular flexibility index (Phi) is 6.89. The van der Waals surface area contributed by atoms with Crippen LogP contribution in [-0.4, -0.2) is 26.8 Å². The Balaban J connectivity index is 1.78. The van der Waals surface area contributed by atoms with Crippen LogP contribution in [0.3, 0.4) is 0 Å². The predicted molar refractivity (Wildman–Crippen MR) is 113 cm³/mol. The number of anilines is 1. The van der Waals surface area contributed by atoms with E-state index in [1.807, 2.05) is 13.8 Å². The Morgan fingerprint density at radius 3 is 2.57 bits per heavy atom. The number of halogens is 1. The molecule has 2 aromatic heterocycles. The number of ether oxygens (including phenoxy) is 2. The van der Waals surface area contributed by atoms with Gasteiger partial charge in [0.25, 0.3) is 5.91 Å². The fraction of sp³-hybridized carbons (Fsp3) is 0.222. The van der Waals surface area contributed by atoms with Gasteiger partial charge < -0.3 is 19.3 Å². The smallest absolute Gasteiger partial charge is 0.366 e. The molecule has 0 aliphatic carbocycles. The van der Waals surface area contributed by atoms with Crippen molar-refractivity contribution >= 4 is 45.9 Å². The largest absolute Gasteiger partial charge is 0.491 e. The maximum Gasteiger partial charge on any atom is 0.366 e. The van der Waals surface area contributed by atoms with Crippen LogP contribution in [0.2, 0.25) is 0 Å². The summed E-state index contributed by atoms with van der Waals surface area (Å²) in [5.74, 6) is 0.220. The number of carbonyl (C=O) groups excluding carboxylic acids is 1. The number of carbonyl (C=O) groups is 1. The van der Waals surface area contributed by atoms with E-state index in [0.29, 0.717) is 27.7 Å². The Labute approximate surface area is 179 Å². The van der Waals surface area contributed by atoms with Crippen molar-refractivity contribution in [3.63, 3.8) is 0 Å². The summed E-state index contributed by atoms with van der Waals surface area (Å²) in [4.78, 5) is 35.3. The normalized spacial score (nSPS) is 11.5. The minimum atomic E-state index is -4.31. The average molecular weight is 472 g/mol. The summed E-state index contributed by atoms with van der Waals surface area (Å²) < 4.78 is 35.7. The first-order valence-corrected chi connectivity index (χ1v) is 11.9. The Hall–Kier alpha value is -2.30. The molecule has 1 aromatic carbocycles. The van der Waals surface area contributed by atoms with Gasteiger partial charge in [0, 0.05) is 16.5 Å². The van der Waals surface area contributed by atoms with Gasteiger partial charge in [-0.2, -0.15) is 4.39 Å². The van der Waals surface area contributed by atoms with Crippen molar-refractivity contribution in [1.29, 1.82) is 0 Å². The summed E-state index contributed by atoms with van der Waals surface area (Å²) >= 11 is 1.65. The Morgan fingerprint density at radius 2 is 1.97 bits per heavy atom. The molecule has 0 aliphatic heterocycles. The number of rotatable bonds is 8. The maximum atomic E-state index is 13.1. The molecule has 8 nitrogen and oxygen atoms in total. The first kappa shape index (κ1) is 22.4. The monoisotopic (exact) mass is 472 g/mol. The molecule has 160 valence electrons. The molecule has 12 heteroatoms. The fourth-order valence-corrected chi connectivity index (χ4v) is 4.66. The molecule has 0 aliphatic rings. The van der Waals surface area contributed by atoms with Gasteiger partial charge in [-0.05, 0) is 38.1 Å². The van der Waals surface area contributed by atoms with Crippen LogP contribution in [0.25, 0.3) is 0 Å². The molecule has 0 radical (unpaired) electrons. The second-order valence-electron chi connectivity index (χ2n) is 6.36. The van der Waals surface area contributed by atoms with E-state index in [9.17, 15) is 23.5 Å². The number of nitrogens with zero attached hydrogens (tertiary/aromatic N) is 1. The number of thiophene rings is 1. The van der Waals surface area contributed by atoms with Crippen LogP contribution in [0.4, 0.5) is 9.52 Å². The van der Waals surface area contributed by atoms with Crippen molar-refractivity contribution in [2.24, 2.45) is 0 Å². The summed E-state index contributed by atoms with van der Waals surface area (Å²) in [6, 6.07) is 7.55. The van der Waals surface area contributed by atoms with E-state index in [1.54, 1.807) is 12.1 Å². The molecule has 0 saturated carbocycles. The quantitative estimate of drug-likeness (QED) is 0.427. The molecule has 3 rings (SSSR count). The molecule has 0 unspecified atom stereocenters. The molecule has 0 atom stereocenters. The van der Waals surface area contributed by atoms with E-state index in [1.165, 1.54) is 18.2 Å². The van der Waals surface area contributed by atoms with Gasteiger partial charge in [-0.1, -0.05) is 11.3 Å². The molecule has 3 N–H and O–H groups in total. The number of thiazole rings is 1. The van der Waals surface area contributed by atoms with Gasteiger partial charge in [0.15, 0.2) is 10.3 Å². The minimum Gasteiger partial charge on any atom is -0.491 e. The number of nitrogens with one attached hydrogen (secondary N) is 1. The van der Waals surface area contributed by atoms with Crippen molar-refractivity contribution in [3.05, 3.63) is 52.1 Å². The molecule has 30 heavy (non-hydrogen) atoms. The minimum absolute atomic E-state index is 0.0475. The van der Waals surface area contributed by atoms with E-state index < -0.39 is 18.6 Å². The molecule has 0 spiro atoms. The predicted octanol–water partition coefficient (Wildman–Crippen LogP) is 3.77. The van der Waals surface area contributed by atoms with Crippen LogP contribution in [0.15, 0.2) is 36.5 Å². The third kappa shape index (κ3) is 6.10. The van der Waals surface area contributed by atoms with Gasteiger partial charge in [0.1, 0.15) is 22.7 Å². The zero-order valence-electron chi connectivity index (χ0n) is 15.9. The van der Waals surface area contributed by atoms with E-state index >= 15 is 0 Å². The van der Waals surface area contributed by atoms with Gasteiger partial charge in [-0.15, -0.1) is 11.3 Å².